The van der Waals surface area contributed by atoms with Gasteiger partial charge in [0.1, 0.15) is 0 Å². The van der Waals surface area contributed by atoms with Gasteiger partial charge in [-0.25, -0.2) is 0 Å². The van der Waals surface area contributed by atoms with Crippen LogP contribution in [-0.4, -0.2) is 5.71 Å². The van der Waals surface area contributed by atoms with Gasteiger partial charge in [0.05, 0.1) is 0 Å². The highest BCUT2D eigenvalue weighted by molar-refractivity contribution is 5.81. The monoisotopic (exact) mass is 249 g/mol. The molecule has 0 aromatic heterocycles. The van der Waals surface area contributed by atoms with Gasteiger partial charge in [0.15, 0.2) is 0 Å². The molecule has 18 heavy (non-hydrogen) atoms. The molecule has 0 aromatic rings. The van der Waals surface area contributed by atoms with Gasteiger partial charge in [-0.3, -0.25) is 0 Å². The van der Waals surface area contributed by atoms with E-state index in [4.69, 9.17) is 11.8 Å². The largest absolute Gasteiger partial charge is 0.310 e. The molecule has 0 rings (SSSR count). The van der Waals surface area contributed by atoms with Crippen molar-refractivity contribution in [1.82, 2.24) is 0 Å². The number of hydrogen-bond donors (Lipinski definition) is 1. The highest BCUT2D eigenvalue weighted by atomic mass is 14.4. The Morgan fingerprint density at radius 3 is 2.39 bits per heavy atom. The molecule has 0 radical (unpaired) electrons. The fraction of sp³-hybridized carbons (Fsp3) is 0.824. The number of hydrogen-bond acceptors (Lipinski definition) is 1. The first kappa shape index (κ1) is 17.2. The van der Waals surface area contributed by atoms with Crippen LogP contribution in [0.1, 0.15) is 78.6 Å². The topological polar surface area (TPSA) is 23.9 Å². The first-order valence-corrected chi connectivity index (χ1v) is 7.59. The number of rotatable bonds is 11. The standard InChI is InChI=1S/C17H31N/c1-5-7-11-17(18)12-8-10-16(9-6-2)14-13-15(3)4/h1,15-16,18H,6-14H2,2-4H3. The van der Waals surface area contributed by atoms with Crippen molar-refractivity contribution in [2.45, 2.75) is 78.6 Å². The third-order valence-corrected chi connectivity index (χ3v) is 3.51. The molecule has 0 saturated heterocycles. The zero-order valence-electron chi connectivity index (χ0n) is 12.6. The van der Waals surface area contributed by atoms with Crippen molar-refractivity contribution in [3.05, 3.63) is 0 Å². The highest BCUT2D eigenvalue weighted by Crippen LogP contribution is 2.22. The van der Waals surface area contributed by atoms with E-state index < -0.39 is 0 Å². The summed E-state index contributed by atoms with van der Waals surface area (Å²) in [6, 6.07) is 0. The van der Waals surface area contributed by atoms with E-state index in [2.05, 4.69) is 26.7 Å². The Labute approximate surface area is 114 Å². The predicted molar refractivity (Wildman–Crippen MR) is 82.1 cm³/mol. The van der Waals surface area contributed by atoms with E-state index in [1.165, 1.54) is 38.5 Å². The molecular weight excluding hydrogens is 218 g/mol. The Balaban J connectivity index is 3.75. The first-order chi connectivity index (χ1) is 8.60. The van der Waals surface area contributed by atoms with E-state index in [1.807, 2.05) is 0 Å². The molecule has 0 amide bonds. The molecule has 0 saturated carbocycles. The maximum absolute atomic E-state index is 7.81. The minimum absolute atomic E-state index is 0.727. The van der Waals surface area contributed by atoms with Crippen LogP contribution in [0.15, 0.2) is 0 Å². The third kappa shape index (κ3) is 10.4. The Morgan fingerprint density at radius 1 is 1.11 bits per heavy atom. The predicted octanol–water partition coefficient (Wildman–Crippen LogP) is 5.44. The van der Waals surface area contributed by atoms with Crippen molar-refractivity contribution >= 4 is 5.71 Å². The van der Waals surface area contributed by atoms with Crippen LogP contribution in [0.5, 0.6) is 0 Å². The van der Waals surface area contributed by atoms with Crippen LogP contribution in [-0.2, 0) is 0 Å². The van der Waals surface area contributed by atoms with Gasteiger partial charge in [-0.15, -0.1) is 12.3 Å². The van der Waals surface area contributed by atoms with E-state index in [1.54, 1.807) is 0 Å². The van der Waals surface area contributed by atoms with Gasteiger partial charge in [0, 0.05) is 12.1 Å². The zero-order chi connectivity index (χ0) is 13.8. The van der Waals surface area contributed by atoms with Gasteiger partial charge in [-0.05, 0) is 31.1 Å². The smallest absolute Gasteiger partial charge is 0.0138 e. The fourth-order valence-electron chi connectivity index (χ4n) is 2.36. The lowest BCUT2D eigenvalue weighted by Gasteiger charge is -2.17. The quantitative estimate of drug-likeness (QED) is 0.372. The van der Waals surface area contributed by atoms with Crippen molar-refractivity contribution in [1.29, 1.82) is 5.41 Å². The Hall–Kier alpha value is -0.770. The van der Waals surface area contributed by atoms with Crippen LogP contribution < -0.4 is 0 Å². The van der Waals surface area contributed by atoms with E-state index >= 15 is 0 Å². The maximum Gasteiger partial charge on any atom is 0.0138 e. The average molecular weight is 249 g/mol. The summed E-state index contributed by atoms with van der Waals surface area (Å²) in [5.41, 5.74) is 0.840. The van der Waals surface area contributed by atoms with E-state index in [0.29, 0.717) is 0 Å². The molecule has 104 valence electrons. The van der Waals surface area contributed by atoms with Crippen molar-refractivity contribution in [3.63, 3.8) is 0 Å². The second-order valence-corrected chi connectivity index (χ2v) is 5.83. The molecule has 1 atom stereocenters. The van der Waals surface area contributed by atoms with Crippen LogP contribution in [0.4, 0.5) is 0 Å². The van der Waals surface area contributed by atoms with Crippen molar-refractivity contribution in [2.75, 3.05) is 0 Å². The molecule has 0 aliphatic rings. The van der Waals surface area contributed by atoms with Crippen LogP contribution >= 0.6 is 0 Å². The third-order valence-electron chi connectivity index (χ3n) is 3.51. The lowest BCUT2D eigenvalue weighted by molar-refractivity contribution is 0.369. The van der Waals surface area contributed by atoms with Gasteiger partial charge >= 0.3 is 0 Å². The summed E-state index contributed by atoms with van der Waals surface area (Å²) < 4.78 is 0. The van der Waals surface area contributed by atoms with Gasteiger partial charge in [-0.1, -0.05) is 52.9 Å². The Morgan fingerprint density at radius 2 is 1.83 bits per heavy atom. The maximum atomic E-state index is 7.81. The molecule has 0 aromatic carbocycles. The summed E-state index contributed by atoms with van der Waals surface area (Å²) in [4.78, 5) is 0. The summed E-state index contributed by atoms with van der Waals surface area (Å²) in [7, 11) is 0. The summed E-state index contributed by atoms with van der Waals surface area (Å²) in [6.45, 7) is 6.88. The summed E-state index contributed by atoms with van der Waals surface area (Å²) >= 11 is 0. The summed E-state index contributed by atoms with van der Waals surface area (Å²) in [5.74, 6) is 4.30. The normalized spacial score (nSPS) is 12.4. The zero-order valence-corrected chi connectivity index (χ0v) is 12.6. The second-order valence-electron chi connectivity index (χ2n) is 5.83. The Kier molecular flexibility index (Phi) is 10.8. The van der Waals surface area contributed by atoms with Gasteiger partial charge in [-0.2, -0.15) is 0 Å². The lowest BCUT2D eigenvalue weighted by atomic mass is 9.89. The van der Waals surface area contributed by atoms with Gasteiger partial charge in [0.2, 0.25) is 0 Å². The Bertz CT molecular complexity index is 247. The molecular formula is C17H31N. The molecule has 0 aliphatic heterocycles. The molecule has 0 spiro atoms. The van der Waals surface area contributed by atoms with Crippen molar-refractivity contribution in [2.24, 2.45) is 11.8 Å². The molecule has 0 fully saturated rings. The fourth-order valence-corrected chi connectivity index (χ4v) is 2.36. The number of terminal acetylenes is 1. The molecule has 1 nitrogen and oxygen atoms in total. The van der Waals surface area contributed by atoms with E-state index in [-0.39, 0.29) is 0 Å². The first-order valence-electron chi connectivity index (χ1n) is 7.59. The summed E-state index contributed by atoms with van der Waals surface area (Å²) in [5, 5.41) is 7.81. The minimum atomic E-state index is 0.727. The molecule has 1 N–H and O–H groups in total. The minimum Gasteiger partial charge on any atom is -0.310 e. The van der Waals surface area contributed by atoms with Crippen LogP contribution in [0, 0.1) is 29.6 Å². The van der Waals surface area contributed by atoms with Crippen LogP contribution in [0.25, 0.3) is 0 Å². The molecule has 0 heterocycles. The van der Waals surface area contributed by atoms with Crippen LogP contribution in [0.2, 0.25) is 0 Å². The molecule has 1 unspecified atom stereocenters. The van der Waals surface area contributed by atoms with Gasteiger partial charge < -0.3 is 5.41 Å². The second kappa shape index (κ2) is 11.3. The van der Waals surface area contributed by atoms with E-state index in [9.17, 15) is 0 Å². The highest BCUT2D eigenvalue weighted by Gasteiger charge is 2.09. The molecule has 0 aliphatic carbocycles. The average Bonchev–Trinajstić information content (AvgIpc) is 2.33. The number of nitrogens with one attached hydrogen (secondary N) is 1. The van der Waals surface area contributed by atoms with Crippen molar-refractivity contribution < 1.29 is 0 Å². The lowest BCUT2D eigenvalue weighted by Crippen LogP contribution is -2.04. The SMILES string of the molecule is C#CCCC(=N)CCCC(CCC)CCC(C)C. The van der Waals surface area contributed by atoms with Gasteiger partial charge in [0.25, 0.3) is 0 Å². The molecule has 0 bridgehead atoms. The molecule has 1 heteroatoms. The van der Waals surface area contributed by atoms with E-state index in [0.717, 1.165) is 36.8 Å². The summed E-state index contributed by atoms with van der Waals surface area (Å²) in [6.07, 6.45) is 15.5. The van der Waals surface area contributed by atoms with Crippen molar-refractivity contribution in [3.8, 4) is 12.3 Å². The van der Waals surface area contributed by atoms with Crippen LogP contribution in [0.3, 0.4) is 0 Å².